The Bertz CT molecular complexity index is 964. The van der Waals surface area contributed by atoms with Gasteiger partial charge in [0.05, 0.1) is 5.56 Å². The SMILES string of the molecule is CCC(=O)Oc1cc(OC(=O)CCCN(C)C)cc2c1C(=O)c1ccccc1CC2. The molecule has 0 aromatic heterocycles. The van der Waals surface area contributed by atoms with Crippen molar-refractivity contribution in [3.63, 3.8) is 0 Å². The van der Waals surface area contributed by atoms with Crippen molar-refractivity contribution in [2.24, 2.45) is 0 Å². The van der Waals surface area contributed by atoms with Crippen LogP contribution in [0.3, 0.4) is 0 Å². The molecule has 0 radical (unpaired) electrons. The van der Waals surface area contributed by atoms with E-state index in [4.69, 9.17) is 9.47 Å². The Kier molecular flexibility index (Phi) is 7.00. The Morgan fingerprint density at radius 1 is 1.00 bits per heavy atom. The van der Waals surface area contributed by atoms with Crippen molar-refractivity contribution >= 4 is 17.7 Å². The highest BCUT2D eigenvalue weighted by molar-refractivity contribution is 6.13. The standard InChI is InChI=1S/C24H27NO5/c1-4-21(26)30-20-15-18(29-22(27)10-7-13-25(2)3)14-17-12-11-16-8-5-6-9-19(16)24(28)23(17)20/h5-6,8-9,14-15H,4,7,10-13H2,1-3H3. The van der Waals surface area contributed by atoms with Crippen LogP contribution in [0.5, 0.6) is 11.5 Å². The van der Waals surface area contributed by atoms with Gasteiger partial charge in [-0.15, -0.1) is 0 Å². The van der Waals surface area contributed by atoms with Crippen molar-refractivity contribution in [3.05, 3.63) is 58.7 Å². The number of esters is 2. The van der Waals surface area contributed by atoms with E-state index in [0.29, 0.717) is 41.7 Å². The summed E-state index contributed by atoms with van der Waals surface area (Å²) >= 11 is 0. The quantitative estimate of drug-likeness (QED) is 0.514. The minimum Gasteiger partial charge on any atom is -0.426 e. The molecule has 1 aliphatic rings. The summed E-state index contributed by atoms with van der Waals surface area (Å²) in [5.41, 5.74) is 2.65. The van der Waals surface area contributed by atoms with Gasteiger partial charge in [0.1, 0.15) is 11.5 Å². The number of aryl methyl sites for hydroxylation is 2. The Labute approximate surface area is 176 Å². The second kappa shape index (κ2) is 9.67. The van der Waals surface area contributed by atoms with Crippen LogP contribution in [0.15, 0.2) is 36.4 Å². The molecular weight excluding hydrogens is 382 g/mol. The van der Waals surface area contributed by atoms with Crippen LogP contribution < -0.4 is 9.47 Å². The second-order valence-electron chi connectivity index (χ2n) is 7.65. The first-order valence-electron chi connectivity index (χ1n) is 10.2. The molecule has 158 valence electrons. The third-order valence-corrected chi connectivity index (χ3v) is 5.04. The first-order valence-corrected chi connectivity index (χ1v) is 10.2. The van der Waals surface area contributed by atoms with Gasteiger partial charge in [-0.2, -0.15) is 0 Å². The Morgan fingerprint density at radius 3 is 2.47 bits per heavy atom. The zero-order chi connectivity index (χ0) is 21.7. The van der Waals surface area contributed by atoms with E-state index in [1.807, 2.05) is 37.2 Å². The molecule has 0 fully saturated rings. The zero-order valence-electron chi connectivity index (χ0n) is 17.7. The topological polar surface area (TPSA) is 72.9 Å². The Morgan fingerprint density at radius 2 is 1.73 bits per heavy atom. The molecule has 0 heterocycles. The molecule has 6 nitrogen and oxygen atoms in total. The van der Waals surface area contributed by atoms with Crippen molar-refractivity contribution in [1.29, 1.82) is 0 Å². The second-order valence-corrected chi connectivity index (χ2v) is 7.65. The van der Waals surface area contributed by atoms with Crippen LogP contribution in [-0.2, 0) is 22.4 Å². The predicted octanol–water partition coefficient (Wildman–Crippen LogP) is 3.58. The molecule has 2 aromatic carbocycles. The summed E-state index contributed by atoms with van der Waals surface area (Å²) < 4.78 is 11.0. The normalized spacial score (nSPS) is 12.7. The molecule has 0 unspecified atom stereocenters. The first kappa shape index (κ1) is 21.7. The molecule has 0 bridgehead atoms. The maximum absolute atomic E-state index is 13.3. The fourth-order valence-electron chi connectivity index (χ4n) is 3.52. The molecule has 0 amide bonds. The molecule has 0 saturated heterocycles. The number of ketones is 1. The van der Waals surface area contributed by atoms with Gasteiger partial charge in [0.25, 0.3) is 0 Å². The summed E-state index contributed by atoms with van der Waals surface area (Å²) in [5.74, 6) is -0.538. The summed E-state index contributed by atoms with van der Waals surface area (Å²) in [4.78, 5) is 39.5. The van der Waals surface area contributed by atoms with E-state index >= 15 is 0 Å². The molecule has 0 atom stereocenters. The number of hydrogen-bond acceptors (Lipinski definition) is 6. The number of hydrogen-bond donors (Lipinski definition) is 0. The number of fused-ring (bicyclic) bond motifs is 2. The smallest absolute Gasteiger partial charge is 0.311 e. The van der Waals surface area contributed by atoms with Crippen LogP contribution in [0.25, 0.3) is 0 Å². The van der Waals surface area contributed by atoms with E-state index in [2.05, 4.69) is 0 Å². The third-order valence-electron chi connectivity index (χ3n) is 5.04. The average Bonchev–Trinajstić information content (AvgIpc) is 2.85. The van der Waals surface area contributed by atoms with Gasteiger partial charge < -0.3 is 14.4 Å². The molecule has 0 N–H and O–H groups in total. The highest BCUT2D eigenvalue weighted by Crippen LogP contribution is 2.35. The lowest BCUT2D eigenvalue weighted by Gasteiger charge is -2.15. The van der Waals surface area contributed by atoms with E-state index in [9.17, 15) is 14.4 Å². The lowest BCUT2D eigenvalue weighted by atomic mass is 9.97. The number of ether oxygens (including phenoxy) is 2. The summed E-state index contributed by atoms with van der Waals surface area (Å²) in [7, 11) is 3.89. The van der Waals surface area contributed by atoms with E-state index in [-0.39, 0.29) is 30.3 Å². The van der Waals surface area contributed by atoms with E-state index in [0.717, 1.165) is 12.1 Å². The summed E-state index contributed by atoms with van der Waals surface area (Å²) in [6, 6.07) is 10.6. The molecule has 30 heavy (non-hydrogen) atoms. The molecule has 0 aliphatic heterocycles. The highest BCUT2D eigenvalue weighted by atomic mass is 16.5. The van der Waals surface area contributed by atoms with Crippen molar-refractivity contribution < 1.29 is 23.9 Å². The monoisotopic (exact) mass is 409 g/mol. The van der Waals surface area contributed by atoms with Crippen molar-refractivity contribution in [2.45, 2.75) is 39.0 Å². The molecule has 6 heteroatoms. The summed E-state index contributed by atoms with van der Waals surface area (Å²) in [5, 5.41) is 0. The minimum atomic E-state index is -0.447. The fraction of sp³-hybridized carbons (Fsp3) is 0.375. The van der Waals surface area contributed by atoms with Gasteiger partial charge in [-0.05, 0) is 57.1 Å². The molecule has 1 aliphatic carbocycles. The molecule has 3 rings (SSSR count). The van der Waals surface area contributed by atoms with Crippen molar-refractivity contribution in [1.82, 2.24) is 4.90 Å². The van der Waals surface area contributed by atoms with Crippen LogP contribution in [0.2, 0.25) is 0 Å². The van der Waals surface area contributed by atoms with E-state index in [1.54, 1.807) is 19.1 Å². The largest absolute Gasteiger partial charge is 0.426 e. The van der Waals surface area contributed by atoms with Crippen molar-refractivity contribution in [2.75, 3.05) is 20.6 Å². The predicted molar refractivity (Wildman–Crippen MR) is 113 cm³/mol. The fourth-order valence-corrected chi connectivity index (χ4v) is 3.52. The zero-order valence-corrected chi connectivity index (χ0v) is 17.7. The van der Waals surface area contributed by atoms with Gasteiger partial charge in [-0.1, -0.05) is 31.2 Å². The lowest BCUT2D eigenvalue weighted by molar-refractivity contribution is -0.134. The van der Waals surface area contributed by atoms with Crippen LogP contribution in [-0.4, -0.2) is 43.3 Å². The van der Waals surface area contributed by atoms with Gasteiger partial charge in [-0.3, -0.25) is 14.4 Å². The number of rotatable bonds is 7. The van der Waals surface area contributed by atoms with Crippen LogP contribution in [0.1, 0.15) is 53.2 Å². The minimum absolute atomic E-state index is 0.150. The number of nitrogens with zero attached hydrogens (tertiary/aromatic N) is 1. The third kappa shape index (κ3) is 5.13. The average molecular weight is 409 g/mol. The van der Waals surface area contributed by atoms with Crippen LogP contribution >= 0.6 is 0 Å². The van der Waals surface area contributed by atoms with Crippen molar-refractivity contribution in [3.8, 4) is 11.5 Å². The van der Waals surface area contributed by atoms with Crippen LogP contribution in [0.4, 0.5) is 0 Å². The number of benzene rings is 2. The molecule has 2 aromatic rings. The number of carbonyl (C=O) groups excluding carboxylic acids is 3. The highest BCUT2D eigenvalue weighted by Gasteiger charge is 2.27. The number of carbonyl (C=O) groups is 3. The van der Waals surface area contributed by atoms with Gasteiger partial charge in [0.2, 0.25) is 0 Å². The summed E-state index contributed by atoms with van der Waals surface area (Å²) in [6.07, 6.45) is 2.40. The maximum Gasteiger partial charge on any atom is 0.311 e. The van der Waals surface area contributed by atoms with Gasteiger partial charge in [0.15, 0.2) is 5.78 Å². The molecule has 0 spiro atoms. The van der Waals surface area contributed by atoms with Gasteiger partial charge >= 0.3 is 11.9 Å². The summed E-state index contributed by atoms with van der Waals surface area (Å²) in [6.45, 7) is 2.47. The Balaban J connectivity index is 1.93. The Hall–Kier alpha value is -2.99. The van der Waals surface area contributed by atoms with E-state index in [1.165, 1.54) is 6.07 Å². The van der Waals surface area contributed by atoms with Gasteiger partial charge in [-0.25, -0.2) is 0 Å². The van der Waals surface area contributed by atoms with Crippen LogP contribution in [0, 0.1) is 0 Å². The molecular formula is C24H27NO5. The lowest BCUT2D eigenvalue weighted by Crippen LogP contribution is -2.16. The van der Waals surface area contributed by atoms with E-state index < -0.39 is 5.97 Å². The van der Waals surface area contributed by atoms with Gasteiger partial charge in [0, 0.05) is 24.5 Å². The molecule has 0 saturated carbocycles. The maximum atomic E-state index is 13.3. The first-order chi connectivity index (χ1) is 14.4.